The van der Waals surface area contributed by atoms with E-state index in [0.29, 0.717) is 25.9 Å². The van der Waals surface area contributed by atoms with Gasteiger partial charge in [0.2, 0.25) is 15.9 Å². The van der Waals surface area contributed by atoms with Crippen LogP contribution in [-0.4, -0.2) is 52.6 Å². The van der Waals surface area contributed by atoms with Crippen LogP contribution < -0.4 is 5.32 Å². The zero-order valence-electron chi connectivity index (χ0n) is 13.1. The molecule has 20 heavy (non-hydrogen) atoms. The Morgan fingerprint density at radius 3 is 2.25 bits per heavy atom. The minimum absolute atomic E-state index is 0.0279. The highest BCUT2D eigenvalue weighted by atomic mass is 32.2. The van der Waals surface area contributed by atoms with Crippen molar-refractivity contribution in [1.82, 2.24) is 9.62 Å². The van der Waals surface area contributed by atoms with Crippen LogP contribution in [0.2, 0.25) is 25.7 Å². The molecule has 5 nitrogen and oxygen atoms in total. The van der Waals surface area contributed by atoms with Gasteiger partial charge in [0.1, 0.15) is 0 Å². The average molecular weight is 321 g/mol. The summed E-state index contributed by atoms with van der Waals surface area (Å²) in [7, 11) is -4.13. The monoisotopic (exact) mass is 320 g/mol. The predicted octanol–water partition coefficient (Wildman–Crippen LogP) is 1.50. The minimum atomic E-state index is -3.11. The molecule has 1 amide bonds. The van der Waals surface area contributed by atoms with Gasteiger partial charge < -0.3 is 5.32 Å². The first-order chi connectivity index (χ1) is 9.09. The first-order valence-corrected chi connectivity index (χ1v) is 12.9. The Morgan fingerprint density at radius 1 is 1.25 bits per heavy atom. The zero-order chi connectivity index (χ0) is 15.4. The Bertz CT molecular complexity index is 423. The number of nitrogens with zero attached hydrogens (tertiary/aromatic N) is 1. The molecule has 7 heteroatoms. The number of hydrogen-bond donors (Lipinski definition) is 1. The zero-order valence-corrected chi connectivity index (χ0v) is 14.9. The third kappa shape index (κ3) is 6.36. The van der Waals surface area contributed by atoms with Gasteiger partial charge in [-0.3, -0.25) is 4.79 Å². The molecule has 0 unspecified atom stereocenters. The summed E-state index contributed by atoms with van der Waals surface area (Å²) in [5.41, 5.74) is 0. The number of rotatable bonds is 6. The van der Waals surface area contributed by atoms with E-state index in [2.05, 4.69) is 25.0 Å². The van der Waals surface area contributed by atoms with Gasteiger partial charge in [-0.2, -0.15) is 0 Å². The maximum Gasteiger partial charge on any atom is 0.223 e. The summed E-state index contributed by atoms with van der Waals surface area (Å²) in [6, 6.07) is 1.22. The van der Waals surface area contributed by atoms with Gasteiger partial charge in [-0.1, -0.05) is 25.7 Å². The van der Waals surface area contributed by atoms with Crippen LogP contribution in [0.3, 0.4) is 0 Å². The van der Waals surface area contributed by atoms with E-state index in [1.165, 1.54) is 16.6 Å². The van der Waals surface area contributed by atoms with Crippen LogP contribution in [-0.2, 0) is 14.8 Å². The summed E-state index contributed by atoms with van der Waals surface area (Å²) in [4.78, 5) is 12.0. The van der Waals surface area contributed by atoms with Crippen molar-refractivity contribution < 1.29 is 13.2 Å². The molecule has 1 aliphatic rings. The van der Waals surface area contributed by atoms with Crippen LogP contribution in [0.25, 0.3) is 0 Å². The molecule has 1 rings (SSSR count). The van der Waals surface area contributed by atoms with Crippen molar-refractivity contribution in [3.05, 3.63) is 0 Å². The molecule has 0 aliphatic carbocycles. The highest BCUT2D eigenvalue weighted by Crippen LogP contribution is 2.19. The minimum Gasteiger partial charge on any atom is -0.356 e. The fourth-order valence-corrected chi connectivity index (χ4v) is 4.54. The van der Waals surface area contributed by atoms with Crippen LogP contribution in [0.4, 0.5) is 0 Å². The quantitative estimate of drug-likeness (QED) is 0.596. The van der Waals surface area contributed by atoms with Crippen molar-refractivity contribution in [2.45, 2.75) is 44.9 Å². The number of amides is 1. The number of hydrogen-bond acceptors (Lipinski definition) is 3. The summed E-state index contributed by atoms with van der Waals surface area (Å²) in [5.74, 6) is 0.0635. The molecule has 0 saturated carbocycles. The molecule has 0 aromatic carbocycles. The molecule has 118 valence electrons. The Hall–Kier alpha value is -0.403. The predicted molar refractivity (Wildman–Crippen MR) is 84.9 cm³/mol. The van der Waals surface area contributed by atoms with Crippen molar-refractivity contribution in [2.24, 2.45) is 5.92 Å². The van der Waals surface area contributed by atoms with Crippen molar-refractivity contribution in [2.75, 3.05) is 25.9 Å². The van der Waals surface area contributed by atoms with E-state index in [1.807, 2.05) is 0 Å². The molecular formula is C13H28N2O3SSi. The lowest BCUT2D eigenvalue weighted by Gasteiger charge is -2.29. The molecule has 0 radical (unpaired) electrons. The molecule has 1 N–H and O–H groups in total. The van der Waals surface area contributed by atoms with Gasteiger partial charge in [-0.25, -0.2) is 12.7 Å². The smallest absolute Gasteiger partial charge is 0.223 e. The Balaban J connectivity index is 2.26. The lowest BCUT2D eigenvalue weighted by atomic mass is 9.97. The van der Waals surface area contributed by atoms with Crippen molar-refractivity contribution in [1.29, 1.82) is 0 Å². The average Bonchev–Trinajstić information content (AvgIpc) is 2.32. The van der Waals surface area contributed by atoms with E-state index in [1.54, 1.807) is 0 Å². The van der Waals surface area contributed by atoms with E-state index in [9.17, 15) is 13.2 Å². The van der Waals surface area contributed by atoms with Gasteiger partial charge in [0.15, 0.2) is 0 Å². The second-order valence-corrected chi connectivity index (χ2v) is 14.5. The second kappa shape index (κ2) is 7.04. The molecule has 0 spiro atoms. The maximum atomic E-state index is 12.0. The fraction of sp³-hybridized carbons (Fsp3) is 0.923. The fourth-order valence-electron chi connectivity index (χ4n) is 2.42. The topological polar surface area (TPSA) is 66.5 Å². The van der Waals surface area contributed by atoms with E-state index < -0.39 is 18.1 Å². The Kier molecular flexibility index (Phi) is 6.21. The third-order valence-electron chi connectivity index (χ3n) is 3.70. The van der Waals surface area contributed by atoms with Crippen LogP contribution in [0.5, 0.6) is 0 Å². The number of carbonyl (C=O) groups excluding carboxylic acids is 1. The molecule has 0 atom stereocenters. The standard InChI is InChI=1S/C13H28N2O3SSi/c1-19(17,18)15-9-6-12(7-10-15)13(16)14-8-5-11-20(2,3)4/h12H,5-11H2,1-4H3,(H,14,16). The molecular weight excluding hydrogens is 292 g/mol. The van der Waals surface area contributed by atoms with Crippen LogP contribution in [0.1, 0.15) is 19.3 Å². The Morgan fingerprint density at radius 2 is 1.80 bits per heavy atom. The van der Waals surface area contributed by atoms with E-state index in [4.69, 9.17) is 0 Å². The molecule has 0 aromatic rings. The summed E-state index contributed by atoms with van der Waals surface area (Å²) in [6.07, 6.45) is 3.54. The van der Waals surface area contributed by atoms with Crippen molar-refractivity contribution in [3.63, 3.8) is 0 Å². The van der Waals surface area contributed by atoms with Crippen LogP contribution in [0.15, 0.2) is 0 Å². The van der Waals surface area contributed by atoms with Crippen LogP contribution >= 0.6 is 0 Å². The lowest BCUT2D eigenvalue weighted by molar-refractivity contribution is -0.126. The van der Waals surface area contributed by atoms with Gasteiger partial charge in [0.25, 0.3) is 0 Å². The second-order valence-electron chi connectivity index (χ2n) is 6.89. The molecule has 0 bridgehead atoms. The number of carbonyl (C=O) groups is 1. The molecule has 1 saturated heterocycles. The number of sulfonamides is 1. The molecule has 1 aliphatic heterocycles. The van der Waals surface area contributed by atoms with Gasteiger partial charge >= 0.3 is 0 Å². The first kappa shape index (κ1) is 17.6. The summed E-state index contributed by atoms with van der Waals surface area (Å²) >= 11 is 0. The summed E-state index contributed by atoms with van der Waals surface area (Å²) in [5, 5.41) is 2.99. The van der Waals surface area contributed by atoms with E-state index in [0.717, 1.165) is 13.0 Å². The van der Waals surface area contributed by atoms with Crippen LogP contribution in [0, 0.1) is 5.92 Å². The van der Waals surface area contributed by atoms with Crippen molar-refractivity contribution >= 4 is 24.0 Å². The number of nitrogens with one attached hydrogen (secondary N) is 1. The maximum absolute atomic E-state index is 12.0. The molecule has 1 fully saturated rings. The van der Waals surface area contributed by atoms with Crippen molar-refractivity contribution in [3.8, 4) is 0 Å². The van der Waals surface area contributed by atoms with Gasteiger partial charge in [-0.15, -0.1) is 0 Å². The summed E-state index contributed by atoms with van der Waals surface area (Å²) < 4.78 is 24.3. The normalized spacial score (nSPS) is 19.0. The van der Waals surface area contributed by atoms with Gasteiger partial charge in [-0.05, 0) is 19.3 Å². The first-order valence-electron chi connectivity index (χ1n) is 7.32. The highest BCUT2D eigenvalue weighted by Gasteiger charge is 2.28. The van der Waals surface area contributed by atoms with Gasteiger partial charge in [0, 0.05) is 33.6 Å². The summed E-state index contributed by atoms with van der Waals surface area (Å²) in [6.45, 7) is 8.66. The third-order valence-corrected chi connectivity index (χ3v) is 6.85. The van der Waals surface area contributed by atoms with E-state index in [-0.39, 0.29) is 11.8 Å². The Labute approximate surface area is 124 Å². The van der Waals surface area contributed by atoms with Gasteiger partial charge in [0.05, 0.1) is 6.26 Å². The number of piperidine rings is 1. The largest absolute Gasteiger partial charge is 0.356 e. The SMILES string of the molecule is C[Si](C)(C)CCCNC(=O)C1CCN(S(C)(=O)=O)CC1. The highest BCUT2D eigenvalue weighted by molar-refractivity contribution is 7.88. The molecule has 1 heterocycles. The van der Waals surface area contributed by atoms with E-state index >= 15 is 0 Å². The molecule has 0 aromatic heterocycles. The lowest BCUT2D eigenvalue weighted by Crippen LogP contribution is -2.42.